The van der Waals surface area contributed by atoms with Crippen molar-refractivity contribution in [1.82, 2.24) is 0 Å². The molecule has 0 aromatic rings. The zero-order valence-electron chi connectivity index (χ0n) is 13.8. The van der Waals surface area contributed by atoms with Crippen molar-refractivity contribution in [3.8, 4) is 0 Å². The quantitative estimate of drug-likeness (QED) is 0.418. The Morgan fingerprint density at radius 2 is 1.68 bits per heavy atom. The lowest BCUT2D eigenvalue weighted by molar-refractivity contribution is -0.137. The standard InChI is InChI=1S/C15H30O3Si/c1-9-17-13(16)10-11-15(5,6)12-18-19(7,8)14(2,3)4/h10-11H,9,12H2,1-8H3/b11-10+. The summed E-state index contributed by atoms with van der Waals surface area (Å²) in [6.07, 6.45) is 3.37. The molecule has 0 fully saturated rings. The summed E-state index contributed by atoms with van der Waals surface area (Å²) in [5, 5.41) is 0.202. The van der Waals surface area contributed by atoms with Crippen LogP contribution < -0.4 is 0 Å². The van der Waals surface area contributed by atoms with E-state index in [0.29, 0.717) is 13.2 Å². The average molecular weight is 286 g/mol. The lowest BCUT2D eigenvalue weighted by Gasteiger charge is -2.38. The first kappa shape index (κ1) is 18.4. The molecule has 0 aliphatic carbocycles. The maximum Gasteiger partial charge on any atom is 0.330 e. The molecule has 0 unspecified atom stereocenters. The van der Waals surface area contributed by atoms with Gasteiger partial charge >= 0.3 is 5.97 Å². The van der Waals surface area contributed by atoms with E-state index in [1.807, 2.05) is 6.08 Å². The van der Waals surface area contributed by atoms with Crippen LogP contribution in [0.15, 0.2) is 12.2 Å². The fourth-order valence-electron chi connectivity index (χ4n) is 1.12. The maximum absolute atomic E-state index is 11.3. The van der Waals surface area contributed by atoms with Gasteiger partial charge in [-0.05, 0) is 25.1 Å². The van der Waals surface area contributed by atoms with Crippen LogP contribution in [0.5, 0.6) is 0 Å². The molecule has 0 rings (SSSR count). The zero-order valence-corrected chi connectivity index (χ0v) is 14.8. The van der Waals surface area contributed by atoms with Crippen LogP contribution in [-0.4, -0.2) is 27.5 Å². The molecule has 0 saturated heterocycles. The molecule has 19 heavy (non-hydrogen) atoms. The summed E-state index contributed by atoms with van der Waals surface area (Å²) in [7, 11) is -1.74. The number of carbonyl (C=O) groups is 1. The van der Waals surface area contributed by atoms with Crippen LogP contribution in [0.4, 0.5) is 0 Å². The van der Waals surface area contributed by atoms with Crippen LogP contribution in [-0.2, 0) is 14.0 Å². The second kappa shape index (κ2) is 6.71. The molecule has 0 atom stereocenters. The SMILES string of the molecule is CCOC(=O)/C=C/C(C)(C)CO[Si](C)(C)C(C)(C)C. The van der Waals surface area contributed by atoms with Gasteiger partial charge in [0.15, 0.2) is 8.32 Å². The van der Waals surface area contributed by atoms with Crippen molar-refractivity contribution in [1.29, 1.82) is 0 Å². The van der Waals surface area contributed by atoms with Gasteiger partial charge in [0, 0.05) is 18.1 Å². The molecular weight excluding hydrogens is 256 g/mol. The minimum Gasteiger partial charge on any atom is -0.463 e. The van der Waals surface area contributed by atoms with Crippen LogP contribution >= 0.6 is 0 Å². The smallest absolute Gasteiger partial charge is 0.330 e. The molecule has 112 valence electrons. The van der Waals surface area contributed by atoms with Crippen LogP contribution in [0.25, 0.3) is 0 Å². The first-order chi connectivity index (χ1) is 8.41. The summed E-state index contributed by atoms with van der Waals surface area (Å²) < 4.78 is 11.1. The third kappa shape index (κ3) is 6.92. The third-order valence-corrected chi connectivity index (χ3v) is 8.05. The molecule has 0 heterocycles. The third-order valence-electron chi connectivity index (χ3n) is 3.57. The van der Waals surface area contributed by atoms with E-state index >= 15 is 0 Å². The van der Waals surface area contributed by atoms with E-state index in [9.17, 15) is 4.79 Å². The summed E-state index contributed by atoms with van der Waals surface area (Å²) in [4.78, 5) is 11.3. The van der Waals surface area contributed by atoms with Gasteiger partial charge in [-0.1, -0.05) is 40.7 Å². The van der Waals surface area contributed by atoms with Gasteiger partial charge in [0.05, 0.1) is 6.61 Å². The van der Waals surface area contributed by atoms with Crippen LogP contribution in [0, 0.1) is 5.41 Å². The zero-order chi connectivity index (χ0) is 15.3. The van der Waals surface area contributed by atoms with E-state index in [0.717, 1.165) is 0 Å². The van der Waals surface area contributed by atoms with Gasteiger partial charge in [0.1, 0.15) is 0 Å². The van der Waals surface area contributed by atoms with Crippen LogP contribution in [0.3, 0.4) is 0 Å². The average Bonchev–Trinajstić information content (AvgIpc) is 2.23. The summed E-state index contributed by atoms with van der Waals surface area (Å²) in [5.41, 5.74) is -0.164. The summed E-state index contributed by atoms with van der Waals surface area (Å²) in [6.45, 7) is 18.1. The molecular formula is C15H30O3Si. The number of rotatable bonds is 6. The molecule has 0 radical (unpaired) electrons. The van der Waals surface area contributed by atoms with E-state index in [2.05, 4.69) is 47.7 Å². The van der Waals surface area contributed by atoms with Crippen molar-refractivity contribution < 1.29 is 14.0 Å². The van der Waals surface area contributed by atoms with Gasteiger partial charge in [-0.25, -0.2) is 4.79 Å². The van der Waals surface area contributed by atoms with Crippen molar-refractivity contribution in [2.45, 2.75) is 59.7 Å². The number of hydrogen-bond acceptors (Lipinski definition) is 3. The molecule has 0 saturated carbocycles. The second-order valence-corrected chi connectivity index (χ2v) is 11.9. The molecule has 4 heteroatoms. The van der Waals surface area contributed by atoms with Crippen molar-refractivity contribution in [3.63, 3.8) is 0 Å². The fraction of sp³-hybridized carbons (Fsp3) is 0.800. The second-order valence-electron chi connectivity index (χ2n) is 7.12. The number of carbonyl (C=O) groups excluding carboxylic acids is 1. The number of esters is 1. The molecule has 0 N–H and O–H groups in total. The van der Waals surface area contributed by atoms with Crippen LogP contribution in [0.2, 0.25) is 18.1 Å². The van der Waals surface area contributed by atoms with Crippen LogP contribution in [0.1, 0.15) is 41.5 Å². The van der Waals surface area contributed by atoms with Gasteiger partial charge < -0.3 is 9.16 Å². The Labute approximate surface area is 119 Å². The minimum absolute atomic E-state index is 0.164. The molecule has 0 aromatic carbocycles. The lowest BCUT2D eigenvalue weighted by atomic mass is 9.94. The largest absolute Gasteiger partial charge is 0.463 e. The van der Waals surface area contributed by atoms with Gasteiger partial charge in [-0.15, -0.1) is 0 Å². The van der Waals surface area contributed by atoms with Crippen molar-refractivity contribution >= 4 is 14.3 Å². The maximum atomic E-state index is 11.3. The fourth-order valence-corrected chi connectivity index (χ4v) is 2.28. The molecule has 0 spiro atoms. The summed E-state index contributed by atoms with van der Waals surface area (Å²) >= 11 is 0. The first-order valence-electron chi connectivity index (χ1n) is 6.91. The van der Waals surface area contributed by atoms with Gasteiger partial charge in [0.25, 0.3) is 0 Å². The van der Waals surface area contributed by atoms with Crippen molar-refractivity contribution in [3.05, 3.63) is 12.2 Å². The van der Waals surface area contributed by atoms with Gasteiger partial charge in [0.2, 0.25) is 0 Å². The highest BCUT2D eigenvalue weighted by molar-refractivity contribution is 6.74. The van der Waals surface area contributed by atoms with E-state index < -0.39 is 8.32 Å². The highest BCUT2D eigenvalue weighted by Gasteiger charge is 2.38. The molecule has 0 aliphatic rings. The molecule has 0 aliphatic heterocycles. The lowest BCUT2D eigenvalue weighted by Crippen LogP contribution is -2.42. The predicted octanol–water partition coefficient (Wildman–Crippen LogP) is 4.15. The summed E-state index contributed by atoms with van der Waals surface area (Å²) in [5.74, 6) is -0.289. The Bertz CT molecular complexity index is 325. The van der Waals surface area contributed by atoms with E-state index in [4.69, 9.17) is 9.16 Å². The topological polar surface area (TPSA) is 35.5 Å². The minimum atomic E-state index is -1.74. The highest BCUT2D eigenvalue weighted by Crippen LogP contribution is 2.37. The Kier molecular flexibility index (Phi) is 6.49. The Hall–Kier alpha value is -0.613. The Balaban J connectivity index is 4.51. The van der Waals surface area contributed by atoms with Crippen molar-refractivity contribution in [2.75, 3.05) is 13.2 Å². The molecule has 0 amide bonds. The van der Waals surface area contributed by atoms with E-state index in [1.54, 1.807) is 6.92 Å². The Morgan fingerprint density at radius 1 is 1.16 bits per heavy atom. The van der Waals surface area contributed by atoms with Crippen molar-refractivity contribution in [2.24, 2.45) is 5.41 Å². The van der Waals surface area contributed by atoms with E-state index in [1.165, 1.54) is 6.08 Å². The highest BCUT2D eigenvalue weighted by atomic mass is 28.4. The number of ether oxygens (including phenoxy) is 1. The molecule has 0 aromatic heterocycles. The summed E-state index contributed by atoms with van der Waals surface area (Å²) in [6, 6.07) is 0. The first-order valence-corrected chi connectivity index (χ1v) is 9.82. The number of hydrogen-bond donors (Lipinski definition) is 0. The van der Waals surface area contributed by atoms with Gasteiger partial charge in [-0.3, -0.25) is 0 Å². The van der Waals surface area contributed by atoms with E-state index in [-0.39, 0.29) is 16.4 Å². The predicted molar refractivity (Wildman–Crippen MR) is 82.7 cm³/mol. The van der Waals surface area contributed by atoms with Gasteiger partial charge in [-0.2, -0.15) is 0 Å². The Morgan fingerprint density at radius 3 is 2.11 bits per heavy atom. The normalized spacial score (nSPS) is 13.9. The molecule has 3 nitrogen and oxygen atoms in total. The monoisotopic (exact) mass is 286 g/mol. The molecule has 0 bridgehead atoms.